The van der Waals surface area contributed by atoms with Crippen molar-refractivity contribution in [3.63, 3.8) is 0 Å². The van der Waals surface area contributed by atoms with Crippen molar-refractivity contribution in [3.05, 3.63) is 63.7 Å². The molecule has 2 saturated carbocycles. The minimum atomic E-state index is -0.243. The molecule has 16 heavy (non-hydrogen) atoms. The molecule has 0 aromatic heterocycles. The quantitative estimate of drug-likeness (QED) is 0.576. The van der Waals surface area contributed by atoms with Crippen molar-refractivity contribution in [2.45, 2.75) is 6.92 Å². The largest absolute Gasteiger partial charge is 2.00 e. The summed E-state index contributed by atoms with van der Waals surface area (Å²) in [7, 11) is 0. The Bertz CT molecular complexity index is 165. The molecule has 0 atom stereocenters. The second-order valence-corrected chi connectivity index (χ2v) is 2.86. The third-order valence-corrected chi connectivity index (χ3v) is 1.73. The van der Waals surface area contributed by atoms with Gasteiger partial charge in [-0.15, -0.1) is 0 Å². The summed E-state index contributed by atoms with van der Waals surface area (Å²) in [6, 6.07) is 0. The monoisotopic (exact) mass is 304 g/mol. The van der Waals surface area contributed by atoms with E-state index in [9.17, 15) is 4.79 Å². The summed E-state index contributed by atoms with van der Waals surface area (Å²) in [5, 5.41) is 0. The average Bonchev–Trinajstić information content (AvgIpc) is 2.95. The van der Waals surface area contributed by atoms with Gasteiger partial charge in [-0.25, -0.2) is 0 Å². The van der Waals surface area contributed by atoms with Crippen LogP contribution >= 0.6 is 0 Å². The Labute approximate surface area is 112 Å². The van der Waals surface area contributed by atoms with Gasteiger partial charge in [-0.05, 0) is 64.7 Å². The molecule has 0 spiro atoms. The molecule has 0 unspecified atom stereocenters. The maximum Gasteiger partial charge on any atom is 2.00 e. The minimum absolute atomic E-state index is 0. The van der Waals surface area contributed by atoms with Crippen LogP contribution in [0, 0.1) is 63.7 Å². The normalized spacial score (nSPS) is 19.6. The van der Waals surface area contributed by atoms with Gasteiger partial charge in [0.1, 0.15) is 0 Å². The fraction of sp³-hybridized carbons (Fsp3) is 0.154. The predicted molar refractivity (Wildman–Crippen MR) is 58.6 cm³/mol. The van der Waals surface area contributed by atoms with Gasteiger partial charge in [-0.2, -0.15) is 0 Å². The molecule has 0 aromatic rings. The molecule has 10 radical (unpaired) electrons. The topological polar surface area (TPSA) is 26.3 Å². The Morgan fingerprint density at radius 2 is 1.44 bits per heavy atom. The van der Waals surface area contributed by atoms with Crippen molar-refractivity contribution in [2.24, 2.45) is 0 Å². The number of hydrogen-bond acceptors (Lipinski definition) is 2. The van der Waals surface area contributed by atoms with Crippen LogP contribution in [-0.4, -0.2) is 12.6 Å². The van der Waals surface area contributed by atoms with Crippen LogP contribution in [0.3, 0.4) is 0 Å². The number of carbonyl (C=O) groups excluding carboxylic acids is 1. The van der Waals surface area contributed by atoms with E-state index in [0.29, 0.717) is 12.5 Å². The van der Waals surface area contributed by atoms with Gasteiger partial charge in [0.2, 0.25) is 0 Å². The molecular weight excluding hydrogens is 289 g/mol. The summed E-state index contributed by atoms with van der Waals surface area (Å²) in [6.07, 6.45) is 17.1. The zero-order valence-electron chi connectivity index (χ0n) is 9.07. The van der Waals surface area contributed by atoms with Gasteiger partial charge in [0.25, 0.3) is 0 Å². The van der Waals surface area contributed by atoms with Gasteiger partial charge in [0, 0.05) is 0 Å². The Morgan fingerprint density at radius 3 is 1.81 bits per heavy atom. The van der Waals surface area contributed by atoms with Gasteiger partial charge in [-0.1, -0.05) is 0 Å². The van der Waals surface area contributed by atoms with Crippen LogP contribution in [0.1, 0.15) is 6.92 Å². The molecule has 2 aliphatic rings. The standard InChI is InChI=1S/C8H9O2.C5H5.Ru/c1-2-10-8(9)7-5-3-4-6-7;1-2-4-5-3-1;/h3-6H,2H2,1H3;1-5H;/q;;+2. The van der Waals surface area contributed by atoms with Crippen molar-refractivity contribution in [2.75, 3.05) is 6.61 Å². The zero-order chi connectivity index (χ0) is 10.9. The van der Waals surface area contributed by atoms with E-state index in [1.54, 1.807) is 19.8 Å². The second kappa shape index (κ2) is 10.3. The smallest absolute Gasteiger partial charge is 0.466 e. The second-order valence-electron chi connectivity index (χ2n) is 2.86. The van der Waals surface area contributed by atoms with Crippen molar-refractivity contribution in [1.29, 1.82) is 0 Å². The maximum atomic E-state index is 10.9. The van der Waals surface area contributed by atoms with Gasteiger partial charge in [0.05, 0.1) is 12.5 Å². The fourth-order valence-electron chi connectivity index (χ4n) is 1.05. The van der Waals surface area contributed by atoms with E-state index in [-0.39, 0.29) is 25.4 Å². The molecule has 2 nitrogen and oxygen atoms in total. The molecule has 2 rings (SSSR count). The van der Waals surface area contributed by atoms with Crippen LogP contribution in [0.5, 0.6) is 0 Å². The molecule has 2 aliphatic carbocycles. The molecule has 0 N–H and O–H groups in total. The van der Waals surface area contributed by atoms with Crippen LogP contribution in [0.15, 0.2) is 0 Å². The van der Waals surface area contributed by atoms with Crippen LogP contribution in [0.4, 0.5) is 0 Å². The first-order chi connectivity index (χ1) is 7.34. The summed E-state index contributed by atoms with van der Waals surface area (Å²) in [6.45, 7) is 2.23. The maximum absolute atomic E-state index is 10.9. The summed E-state index contributed by atoms with van der Waals surface area (Å²) >= 11 is 0. The number of carbonyl (C=O) groups is 1. The predicted octanol–water partition coefficient (Wildman–Crippen LogP) is 1.97. The minimum Gasteiger partial charge on any atom is -0.466 e. The molecule has 0 saturated heterocycles. The molecule has 0 aliphatic heterocycles. The third kappa shape index (κ3) is 6.63. The Hall–Kier alpha value is 0.0934. The molecule has 2 fully saturated rings. The molecule has 3 heteroatoms. The average molecular weight is 303 g/mol. The number of rotatable bonds is 2. The van der Waals surface area contributed by atoms with Gasteiger partial charge in [-0.3, -0.25) is 4.79 Å². The van der Waals surface area contributed by atoms with E-state index in [4.69, 9.17) is 4.74 Å². The van der Waals surface area contributed by atoms with Gasteiger partial charge < -0.3 is 4.74 Å². The van der Waals surface area contributed by atoms with Crippen LogP contribution in [0.25, 0.3) is 0 Å². The van der Waals surface area contributed by atoms with Crippen molar-refractivity contribution in [1.82, 2.24) is 0 Å². The Morgan fingerprint density at radius 1 is 1.00 bits per heavy atom. The first kappa shape index (κ1) is 16.1. The van der Waals surface area contributed by atoms with Crippen molar-refractivity contribution in [3.8, 4) is 0 Å². The van der Waals surface area contributed by atoms with E-state index in [1.807, 2.05) is 44.9 Å². The van der Waals surface area contributed by atoms with E-state index < -0.39 is 0 Å². The van der Waals surface area contributed by atoms with Crippen LogP contribution in [-0.2, 0) is 29.0 Å². The Kier molecular flexibility index (Phi) is 10.3. The first-order valence-electron chi connectivity index (χ1n) is 4.90. The van der Waals surface area contributed by atoms with Gasteiger partial charge in [0.15, 0.2) is 0 Å². The number of ether oxygens (including phenoxy) is 1. The Balaban J connectivity index is 0.000000318. The van der Waals surface area contributed by atoms with E-state index in [2.05, 4.69) is 0 Å². The van der Waals surface area contributed by atoms with Gasteiger partial charge >= 0.3 is 25.4 Å². The number of esters is 1. The summed E-state index contributed by atoms with van der Waals surface area (Å²) in [5.41, 5.74) is 0. The molecule has 0 heterocycles. The van der Waals surface area contributed by atoms with Crippen molar-refractivity contribution >= 4 is 5.97 Å². The molecule has 0 bridgehead atoms. The number of hydrogen-bond donors (Lipinski definition) is 0. The molecular formula is C13H14O2Ru+2. The van der Waals surface area contributed by atoms with E-state index in [1.165, 1.54) is 0 Å². The SMILES string of the molecule is CCOC(=O)[C]1[CH][CH][CH][CH]1.[CH]1[CH][CH][CH][CH]1.[Ru+2]. The summed E-state index contributed by atoms with van der Waals surface area (Å²) in [5.74, 6) is 0.384. The first-order valence-corrected chi connectivity index (χ1v) is 4.90. The fourth-order valence-corrected chi connectivity index (χ4v) is 1.05. The van der Waals surface area contributed by atoms with Crippen molar-refractivity contribution < 1.29 is 29.0 Å². The summed E-state index contributed by atoms with van der Waals surface area (Å²) < 4.78 is 4.75. The molecule has 0 amide bonds. The zero-order valence-corrected chi connectivity index (χ0v) is 10.8. The molecule has 0 aromatic carbocycles. The van der Waals surface area contributed by atoms with E-state index in [0.717, 1.165) is 0 Å². The van der Waals surface area contributed by atoms with Crippen LogP contribution < -0.4 is 0 Å². The van der Waals surface area contributed by atoms with E-state index >= 15 is 0 Å². The summed E-state index contributed by atoms with van der Waals surface area (Å²) in [4.78, 5) is 10.9. The third-order valence-electron chi connectivity index (χ3n) is 1.73. The van der Waals surface area contributed by atoms with Crippen LogP contribution in [0.2, 0.25) is 0 Å². The molecule has 84 valence electrons.